The van der Waals surface area contributed by atoms with E-state index in [0.29, 0.717) is 26.3 Å². The second-order valence-electron chi connectivity index (χ2n) is 4.75. The predicted molar refractivity (Wildman–Crippen MR) is 91.7 cm³/mol. The number of rotatable bonds is 3. The lowest BCUT2D eigenvalue weighted by molar-refractivity contribution is -0.384. The average molecular weight is 346 g/mol. The van der Waals surface area contributed by atoms with E-state index in [1.165, 1.54) is 28.8 Å². The molecule has 0 saturated carbocycles. The number of nitro benzene ring substituents is 1. The van der Waals surface area contributed by atoms with Crippen LogP contribution in [0.4, 0.5) is 5.69 Å². The molecular weight excluding hydrogens is 336 g/mol. The van der Waals surface area contributed by atoms with E-state index in [4.69, 9.17) is 16.6 Å². The molecule has 8 heteroatoms. The van der Waals surface area contributed by atoms with Gasteiger partial charge in [0.15, 0.2) is 0 Å². The van der Waals surface area contributed by atoms with Crippen LogP contribution < -0.4 is 0 Å². The zero-order valence-electron chi connectivity index (χ0n) is 11.9. The molecule has 23 heavy (non-hydrogen) atoms. The Bertz CT molecular complexity index is 857. The Kier molecular flexibility index (Phi) is 4.01. The minimum absolute atomic E-state index is 0.00713. The van der Waals surface area contributed by atoms with Crippen molar-refractivity contribution in [1.82, 2.24) is 4.90 Å². The highest BCUT2D eigenvalue weighted by Crippen LogP contribution is 2.33. The third-order valence-corrected chi connectivity index (χ3v) is 4.71. The van der Waals surface area contributed by atoms with Crippen LogP contribution in [0.2, 0.25) is 0 Å². The minimum atomic E-state index is -0.458. The smallest absolute Gasteiger partial charge is 0.270 e. The fourth-order valence-corrected chi connectivity index (χ4v) is 3.19. The minimum Gasteiger partial charge on any atom is -0.457 e. The Morgan fingerprint density at radius 3 is 2.78 bits per heavy atom. The topological polar surface area (TPSA) is 76.6 Å². The highest BCUT2D eigenvalue weighted by molar-refractivity contribution is 8.26. The van der Waals surface area contributed by atoms with Crippen LogP contribution in [0.25, 0.3) is 17.4 Å². The van der Waals surface area contributed by atoms with Crippen LogP contribution in [0.1, 0.15) is 5.76 Å². The first-order valence-corrected chi connectivity index (χ1v) is 7.74. The molecule has 0 radical (unpaired) electrons. The summed E-state index contributed by atoms with van der Waals surface area (Å²) in [6.07, 6.45) is 1.61. The van der Waals surface area contributed by atoms with Gasteiger partial charge in [0.25, 0.3) is 11.6 Å². The highest BCUT2D eigenvalue weighted by Gasteiger charge is 2.29. The third-order valence-electron chi connectivity index (χ3n) is 3.23. The molecule has 1 amide bonds. The molecule has 6 nitrogen and oxygen atoms in total. The van der Waals surface area contributed by atoms with Crippen molar-refractivity contribution in [2.45, 2.75) is 0 Å². The van der Waals surface area contributed by atoms with Gasteiger partial charge in [-0.2, -0.15) is 0 Å². The van der Waals surface area contributed by atoms with Crippen molar-refractivity contribution in [3.63, 3.8) is 0 Å². The Balaban J connectivity index is 1.90. The van der Waals surface area contributed by atoms with Gasteiger partial charge in [0, 0.05) is 30.8 Å². The summed E-state index contributed by atoms with van der Waals surface area (Å²) in [5.41, 5.74) is 0.592. The van der Waals surface area contributed by atoms with Crippen LogP contribution in [0, 0.1) is 10.1 Å². The van der Waals surface area contributed by atoms with E-state index in [0.717, 1.165) is 0 Å². The normalized spacial score (nSPS) is 16.4. The maximum Gasteiger partial charge on any atom is 0.270 e. The van der Waals surface area contributed by atoms with Gasteiger partial charge in [-0.05, 0) is 12.1 Å². The number of carbonyl (C=O) groups is 1. The van der Waals surface area contributed by atoms with Gasteiger partial charge in [0.05, 0.1) is 9.83 Å². The number of furan rings is 1. The Labute approximate surface area is 140 Å². The van der Waals surface area contributed by atoms with Crippen molar-refractivity contribution in [3.8, 4) is 11.3 Å². The summed E-state index contributed by atoms with van der Waals surface area (Å²) in [7, 11) is 1.62. The van der Waals surface area contributed by atoms with Crippen LogP contribution in [0.5, 0.6) is 0 Å². The summed E-state index contributed by atoms with van der Waals surface area (Å²) >= 11 is 6.27. The van der Waals surface area contributed by atoms with Crippen molar-refractivity contribution in [2.24, 2.45) is 0 Å². The monoisotopic (exact) mass is 346 g/mol. The van der Waals surface area contributed by atoms with E-state index in [9.17, 15) is 14.9 Å². The van der Waals surface area contributed by atoms with Gasteiger partial charge in [0.2, 0.25) is 0 Å². The zero-order chi connectivity index (χ0) is 16.6. The largest absolute Gasteiger partial charge is 0.457 e. The lowest BCUT2D eigenvalue weighted by Crippen LogP contribution is -2.22. The van der Waals surface area contributed by atoms with Crippen molar-refractivity contribution in [1.29, 1.82) is 0 Å². The Morgan fingerprint density at radius 2 is 2.13 bits per heavy atom. The van der Waals surface area contributed by atoms with Crippen LogP contribution in [-0.4, -0.2) is 27.1 Å². The molecule has 0 spiro atoms. The van der Waals surface area contributed by atoms with Crippen molar-refractivity contribution < 1.29 is 14.1 Å². The molecule has 1 fully saturated rings. The molecule has 0 aliphatic carbocycles. The number of carbonyl (C=O) groups excluding carboxylic acids is 1. The van der Waals surface area contributed by atoms with E-state index in [1.54, 1.807) is 37.4 Å². The van der Waals surface area contributed by atoms with E-state index in [2.05, 4.69) is 0 Å². The average Bonchev–Trinajstić information content (AvgIpc) is 3.09. The summed E-state index contributed by atoms with van der Waals surface area (Å²) in [4.78, 5) is 24.2. The SMILES string of the molecule is CN1C(=O)C(=Cc2ccc(-c3cccc([N+](=O)[O-])c3)o2)SC1=S. The number of thioether (sulfide) groups is 1. The third kappa shape index (κ3) is 3.03. The van der Waals surface area contributed by atoms with E-state index < -0.39 is 4.92 Å². The molecule has 1 saturated heterocycles. The summed E-state index contributed by atoms with van der Waals surface area (Å²) in [6.45, 7) is 0. The van der Waals surface area contributed by atoms with Crippen molar-refractivity contribution in [2.75, 3.05) is 7.05 Å². The number of hydrogen-bond donors (Lipinski definition) is 0. The summed E-state index contributed by atoms with van der Waals surface area (Å²) in [5, 5.41) is 10.8. The fourth-order valence-electron chi connectivity index (χ4n) is 2.03. The molecule has 116 valence electrons. The van der Waals surface area contributed by atoms with Crippen LogP contribution in [0.3, 0.4) is 0 Å². The Hall–Kier alpha value is -2.45. The molecule has 1 aliphatic rings. The number of non-ortho nitro benzene ring substituents is 1. The first-order valence-electron chi connectivity index (χ1n) is 6.52. The first-order chi connectivity index (χ1) is 11.0. The molecule has 0 bridgehead atoms. The fraction of sp³-hybridized carbons (Fsp3) is 0.0667. The maximum atomic E-state index is 11.9. The summed E-state index contributed by atoms with van der Waals surface area (Å²) < 4.78 is 6.15. The molecule has 2 aromatic rings. The van der Waals surface area contributed by atoms with Crippen LogP contribution in [-0.2, 0) is 4.79 Å². The first kappa shape index (κ1) is 15.4. The van der Waals surface area contributed by atoms with Crippen LogP contribution >= 0.6 is 24.0 Å². The number of benzene rings is 1. The predicted octanol–water partition coefficient (Wildman–Crippen LogP) is 3.69. The van der Waals surface area contributed by atoms with E-state index in [1.807, 2.05) is 0 Å². The highest BCUT2D eigenvalue weighted by atomic mass is 32.2. The van der Waals surface area contributed by atoms with Gasteiger partial charge in [-0.3, -0.25) is 19.8 Å². The maximum absolute atomic E-state index is 11.9. The molecule has 0 atom stereocenters. The number of thiocarbonyl (C=S) groups is 1. The quantitative estimate of drug-likeness (QED) is 0.365. The number of hydrogen-bond acceptors (Lipinski definition) is 6. The Morgan fingerprint density at radius 1 is 1.35 bits per heavy atom. The zero-order valence-corrected chi connectivity index (χ0v) is 13.5. The number of nitro groups is 1. The second-order valence-corrected chi connectivity index (χ2v) is 6.43. The van der Waals surface area contributed by atoms with Crippen molar-refractivity contribution >= 4 is 46.0 Å². The number of nitrogens with zero attached hydrogens (tertiary/aromatic N) is 2. The number of likely N-dealkylation sites (N-methyl/N-ethyl adjacent to an activating group) is 1. The lowest BCUT2D eigenvalue weighted by Gasteiger charge is -2.03. The lowest BCUT2D eigenvalue weighted by atomic mass is 10.1. The molecule has 0 N–H and O–H groups in total. The standard InChI is InChI=1S/C15H10N2O4S2/c1-16-14(18)13(23-15(16)22)8-11-5-6-12(21-11)9-3-2-4-10(7-9)17(19)20/h2-8H,1H3. The molecule has 1 aromatic carbocycles. The van der Waals surface area contributed by atoms with Gasteiger partial charge in [0.1, 0.15) is 15.8 Å². The molecule has 3 rings (SSSR count). The van der Waals surface area contributed by atoms with Gasteiger partial charge in [-0.1, -0.05) is 36.1 Å². The molecule has 1 aromatic heterocycles. The summed E-state index contributed by atoms with van der Waals surface area (Å²) in [6, 6.07) is 9.58. The van der Waals surface area contributed by atoms with Crippen molar-refractivity contribution in [3.05, 3.63) is 57.2 Å². The number of amides is 1. The van der Waals surface area contributed by atoms with E-state index >= 15 is 0 Å². The second kappa shape index (κ2) is 5.98. The molecule has 0 unspecified atom stereocenters. The molecule has 2 heterocycles. The van der Waals surface area contributed by atoms with E-state index in [-0.39, 0.29) is 11.6 Å². The molecule has 1 aliphatic heterocycles. The molecular formula is C15H10N2O4S2. The van der Waals surface area contributed by atoms with Crippen LogP contribution in [0.15, 0.2) is 45.7 Å². The summed E-state index contributed by atoms with van der Waals surface area (Å²) in [5.74, 6) is 0.806. The van der Waals surface area contributed by atoms with Gasteiger partial charge in [-0.25, -0.2) is 0 Å². The van der Waals surface area contributed by atoms with Gasteiger partial charge >= 0.3 is 0 Å². The van der Waals surface area contributed by atoms with Gasteiger partial charge in [-0.15, -0.1) is 0 Å². The van der Waals surface area contributed by atoms with Gasteiger partial charge < -0.3 is 4.42 Å².